The fourth-order valence-electron chi connectivity index (χ4n) is 2.80. The minimum atomic E-state index is -3.16. The topological polar surface area (TPSA) is 92.6 Å². The third-order valence-corrected chi connectivity index (χ3v) is 5.51. The predicted molar refractivity (Wildman–Crippen MR) is 133 cm³/mol. The molecule has 1 heterocycles. The van der Waals surface area contributed by atoms with Gasteiger partial charge in [0.05, 0.1) is 4.90 Å². The van der Waals surface area contributed by atoms with E-state index >= 15 is 0 Å². The van der Waals surface area contributed by atoms with Crippen LogP contribution < -0.4 is 16.2 Å². The molecule has 0 bridgehead atoms. The lowest BCUT2D eigenvalue weighted by Gasteiger charge is -2.11. The molecule has 0 saturated carbocycles. The highest BCUT2D eigenvalue weighted by Crippen LogP contribution is 2.10. The minimum Gasteiger partial charge on any atom is -0.357 e. The van der Waals surface area contributed by atoms with Gasteiger partial charge in [-0.1, -0.05) is 18.2 Å². The molecule has 0 aliphatic carbocycles. The summed E-state index contributed by atoms with van der Waals surface area (Å²) < 4.78 is 24.7. The number of hydrogen-bond acceptors (Lipinski definition) is 4. The number of rotatable bonds is 10. The highest BCUT2D eigenvalue weighted by molar-refractivity contribution is 14.0. The van der Waals surface area contributed by atoms with Crippen molar-refractivity contribution in [2.24, 2.45) is 4.99 Å². The first-order chi connectivity index (χ1) is 13.9. The first-order valence-corrected chi connectivity index (χ1v) is 11.8. The summed E-state index contributed by atoms with van der Waals surface area (Å²) >= 11 is 0. The molecule has 2 aromatic rings. The molecule has 1 aromatic carbocycles. The number of nitrogens with zero attached hydrogens (tertiary/aromatic N) is 2. The van der Waals surface area contributed by atoms with Crippen molar-refractivity contribution in [3.8, 4) is 0 Å². The van der Waals surface area contributed by atoms with Gasteiger partial charge in [0.1, 0.15) is 0 Å². The number of guanidine groups is 1. The lowest BCUT2D eigenvalue weighted by molar-refractivity contribution is 0.597. The summed E-state index contributed by atoms with van der Waals surface area (Å²) in [6.07, 6.45) is 5.57. The van der Waals surface area contributed by atoms with E-state index in [1.807, 2.05) is 25.1 Å². The van der Waals surface area contributed by atoms with E-state index in [4.69, 9.17) is 0 Å². The molecule has 0 aliphatic heterocycles. The highest BCUT2D eigenvalue weighted by atomic mass is 127. The standard InChI is InChI=1S/C21H30N4O3S.HI/c1-3-22-21(23-14-5-7-17-25-16-6-4-8-20(25)26)24-15-13-18-9-11-19(12-10-18)29(2,27)28;/h4,6,8-12,16H,3,5,7,13-15,17H2,1-2H3,(H2,22,23,24);1H. The van der Waals surface area contributed by atoms with Gasteiger partial charge in [0.2, 0.25) is 5.56 Å². The molecule has 0 unspecified atom stereocenters. The fourth-order valence-corrected chi connectivity index (χ4v) is 3.43. The van der Waals surface area contributed by atoms with Crippen LogP contribution in [0.3, 0.4) is 0 Å². The number of nitrogens with one attached hydrogen (secondary N) is 2. The Hall–Kier alpha value is -1.88. The van der Waals surface area contributed by atoms with Crippen LogP contribution in [-0.2, 0) is 22.8 Å². The van der Waals surface area contributed by atoms with Gasteiger partial charge < -0.3 is 15.2 Å². The molecule has 0 saturated heterocycles. The molecule has 166 valence electrons. The molecule has 7 nitrogen and oxygen atoms in total. The molecule has 0 amide bonds. The third-order valence-electron chi connectivity index (χ3n) is 4.38. The molecule has 2 N–H and O–H groups in total. The number of sulfone groups is 1. The Morgan fingerprint density at radius 1 is 1.07 bits per heavy atom. The lowest BCUT2D eigenvalue weighted by Crippen LogP contribution is -2.38. The van der Waals surface area contributed by atoms with Crippen LogP contribution in [0.1, 0.15) is 25.3 Å². The van der Waals surface area contributed by atoms with Crippen molar-refractivity contribution < 1.29 is 8.42 Å². The second kappa shape index (κ2) is 13.4. The van der Waals surface area contributed by atoms with Crippen LogP contribution >= 0.6 is 24.0 Å². The second-order valence-corrected chi connectivity index (χ2v) is 8.81. The summed E-state index contributed by atoms with van der Waals surface area (Å²) in [7, 11) is -3.16. The molecule has 0 fully saturated rings. The Balaban J connectivity index is 0.00000450. The van der Waals surface area contributed by atoms with Crippen LogP contribution in [0.5, 0.6) is 0 Å². The van der Waals surface area contributed by atoms with E-state index in [9.17, 15) is 13.2 Å². The normalized spacial score (nSPS) is 11.6. The average molecular weight is 546 g/mol. The van der Waals surface area contributed by atoms with Gasteiger partial charge in [0.15, 0.2) is 15.8 Å². The minimum absolute atomic E-state index is 0. The van der Waals surface area contributed by atoms with Crippen LogP contribution in [0.25, 0.3) is 0 Å². The Morgan fingerprint density at radius 3 is 2.43 bits per heavy atom. The number of aliphatic imine (C=N–C) groups is 1. The quantitative estimate of drug-likeness (QED) is 0.207. The van der Waals surface area contributed by atoms with E-state index in [0.717, 1.165) is 37.3 Å². The van der Waals surface area contributed by atoms with Gasteiger partial charge >= 0.3 is 0 Å². The van der Waals surface area contributed by atoms with Crippen molar-refractivity contribution in [3.63, 3.8) is 0 Å². The summed E-state index contributed by atoms with van der Waals surface area (Å²) in [4.78, 5) is 16.6. The van der Waals surface area contributed by atoms with E-state index in [1.165, 1.54) is 6.26 Å². The van der Waals surface area contributed by atoms with E-state index in [1.54, 1.807) is 35.0 Å². The number of hydrogen-bond donors (Lipinski definition) is 2. The summed E-state index contributed by atoms with van der Waals surface area (Å²) in [5.74, 6) is 0.761. The van der Waals surface area contributed by atoms with Crippen molar-refractivity contribution in [3.05, 3.63) is 64.6 Å². The van der Waals surface area contributed by atoms with E-state index in [-0.39, 0.29) is 29.5 Å². The number of aryl methyl sites for hydroxylation is 1. The largest absolute Gasteiger partial charge is 0.357 e. The van der Waals surface area contributed by atoms with Crippen molar-refractivity contribution >= 4 is 39.8 Å². The maximum atomic E-state index is 11.7. The number of aromatic nitrogens is 1. The lowest BCUT2D eigenvalue weighted by atomic mass is 10.1. The summed E-state index contributed by atoms with van der Waals surface area (Å²) in [5.41, 5.74) is 1.09. The molecule has 0 radical (unpaired) electrons. The van der Waals surface area contributed by atoms with Gasteiger partial charge in [-0.2, -0.15) is 0 Å². The molecule has 0 aliphatic rings. The van der Waals surface area contributed by atoms with Crippen molar-refractivity contribution in [2.75, 3.05) is 25.9 Å². The SMILES string of the molecule is CCNC(=NCCCCn1ccccc1=O)NCCc1ccc(S(C)(=O)=O)cc1.I. The molecular formula is C21H31IN4O3S. The number of benzene rings is 1. The summed E-state index contributed by atoms with van der Waals surface area (Å²) in [5, 5.41) is 6.52. The molecule has 1 aromatic heterocycles. The third kappa shape index (κ3) is 9.29. The average Bonchev–Trinajstić information content (AvgIpc) is 2.69. The Kier molecular flexibility index (Phi) is 11.7. The van der Waals surface area contributed by atoms with Crippen molar-refractivity contribution in [1.82, 2.24) is 15.2 Å². The van der Waals surface area contributed by atoms with Crippen LogP contribution in [-0.4, -0.2) is 44.8 Å². The molecule has 2 rings (SSSR count). The zero-order valence-electron chi connectivity index (χ0n) is 17.5. The van der Waals surface area contributed by atoms with Crippen LogP contribution in [0.2, 0.25) is 0 Å². The molecule has 0 atom stereocenters. The molecular weight excluding hydrogens is 515 g/mol. The Bertz CT molecular complexity index is 957. The van der Waals surface area contributed by atoms with Crippen molar-refractivity contribution in [1.29, 1.82) is 0 Å². The van der Waals surface area contributed by atoms with Gasteiger partial charge in [-0.3, -0.25) is 9.79 Å². The smallest absolute Gasteiger partial charge is 0.250 e. The van der Waals surface area contributed by atoms with Gasteiger partial charge in [-0.25, -0.2) is 8.42 Å². The van der Waals surface area contributed by atoms with Crippen LogP contribution in [0.15, 0.2) is 63.3 Å². The molecule has 9 heteroatoms. The van der Waals surface area contributed by atoms with E-state index in [0.29, 0.717) is 24.5 Å². The summed E-state index contributed by atoms with van der Waals surface area (Å²) in [6.45, 7) is 4.86. The Morgan fingerprint density at radius 2 is 1.80 bits per heavy atom. The van der Waals surface area contributed by atoms with Gasteiger partial charge in [-0.15, -0.1) is 24.0 Å². The second-order valence-electron chi connectivity index (χ2n) is 6.79. The van der Waals surface area contributed by atoms with Gasteiger partial charge in [0, 0.05) is 44.7 Å². The predicted octanol–water partition coefficient (Wildman–Crippen LogP) is 2.45. The first kappa shape index (κ1) is 26.2. The zero-order chi connectivity index (χ0) is 21.1. The van der Waals surface area contributed by atoms with Gasteiger partial charge in [0.25, 0.3) is 0 Å². The number of halogens is 1. The van der Waals surface area contributed by atoms with Crippen LogP contribution in [0, 0.1) is 0 Å². The Labute approximate surface area is 195 Å². The van der Waals surface area contributed by atoms with E-state index < -0.39 is 9.84 Å². The first-order valence-electron chi connectivity index (χ1n) is 9.87. The monoisotopic (exact) mass is 546 g/mol. The fraction of sp³-hybridized carbons (Fsp3) is 0.429. The van der Waals surface area contributed by atoms with E-state index in [2.05, 4.69) is 15.6 Å². The van der Waals surface area contributed by atoms with Crippen LogP contribution in [0.4, 0.5) is 0 Å². The van der Waals surface area contributed by atoms with Gasteiger partial charge in [-0.05, 0) is 49.9 Å². The molecule has 30 heavy (non-hydrogen) atoms. The number of pyridine rings is 1. The number of unbranched alkanes of at least 4 members (excludes halogenated alkanes) is 1. The summed E-state index contributed by atoms with van der Waals surface area (Å²) in [6, 6.07) is 12.1. The zero-order valence-corrected chi connectivity index (χ0v) is 20.7. The maximum absolute atomic E-state index is 11.7. The molecule has 0 spiro atoms. The van der Waals surface area contributed by atoms with Crippen molar-refractivity contribution in [2.45, 2.75) is 37.6 Å². The maximum Gasteiger partial charge on any atom is 0.250 e. The highest BCUT2D eigenvalue weighted by Gasteiger charge is 2.06.